The van der Waals surface area contributed by atoms with Crippen molar-refractivity contribution in [3.8, 4) is 11.4 Å². The summed E-state index contributed by atoms with van der Waals surface area (Å²) in [6.07, 6.45) is 7.46. The maximum absolute atomic E-state index is 12.5. The van der Waals surface area contributed by atoms with Gasteiger partial charge in [-0.05, 0) is 19.3 Å². The molecule has 1 aromatic heterocycles. The molecule has 2 fully saturated rings. The Hall–Kier alpha value is -2.70. The van der Waals surface area contributed by atoms with Crippen LogP contribution in [-0.4, -0.2) is 46.0 Å². The van der Waals surface area contributed by atoms with Crippen LogP contribution in [-0.2, 0) is 16.0 Å². The highest BCUT2D eigenvalue weighted by Crippen LogP contribution is 2.28. The summed E-state index contributed by atoms with van der Waals surface area (Å²) in [6, 6.07) is 10.0. The molecule has 1 unspecified atom stereocenters. The third kappa shape index (κ3) is 4.83. The van der Waals surface area contributed by atoms with E-state index in [2.05, 4.69) is 15.5 Å². The summed E-state index contributed by atoms with van der Waals surface area (Å²) in [5.74, 6) is 1.04. The Morgan fingerprint density at radius 3 is 2.76 bits per heavy atom. The molecule has 2 aliphatic rings. The summed E-state index contributed by atoms with van der Waals surface area (Å²) < 4.78 is 5.30. The molecule has 154 valence electrons. The van der Waals surface area contributed by atoms with Crippen LogP contribution in [0.4, 0.5) is 0 Å². The number of amides is 2. The van der Waals surface area contributed by atoms with Gasteiger partial charge in [0.25, 0.3) is 0 Å². The zero-order valence-electron chi connectivity index (χ0n) is 16.7. The molecule has 1 saturated carbocycles. The molecule has 0 radical (unpaired) electrons. The lowest BCUT2D eigenvalue weighted by atomic mass is 9.94. The first-order valence-electron chi connectivity index (χ1n) is 10.7. The standard InChI is InChI=1S/C22H28N4O3/c27-20-14-17(15-26(20)18-10-5-2-6-11-18)22(28)23-13-7-12-19-24-21(25-29-19)16-8-3-1-4-9-16/h1,3-4,8-9,17-18H,2,5-7,10-15H2,(H,23,28). The van der Waals surface area contributed by atoms with Gasteiger partial charge in [-0.1, -0.05) is 54.8 Å². The fourth-order valence-corrected chi connectivity index (χ4v) is 4.31. The van der Waals surface area contributed by atoms with E-state index in [0.29, 0.717) is 43.7 Å². The minimum atomic E-state index is -0.225. The first-order chi connectivity index (χ1) is 14.2. The highest BCUT2D eigenvalue weighted by atomic mass is 16.5. The van der Waals surface area contributed by atoms with Gasteiger partial charge >= 0.3 is 0 Å². The molecule has 1 aromatic carbocycles. The smallest absolute Gasteiger partial charge is 0.227 e. The van der Waals surface area contributed by atoms with E-state index >= 15 is 0 Å². The van der Waals surface area contributed by atoms with Crippen LogP contribution in [0.15, 0.2) is 34.9 Å². The van der Waals surface area contributed by atoms with Crippen LogP contribution >= 0.6 is 0 Å². The van der Waals surface area contributed by atoms with Gasteiger partial charge in [-0.15, -0.1) is 0 Å². The van der Waals surface area contributed by atoms with Gasteiger partial charge in [0, 0.05) is 37.5 Å². The van der Waals surface area contributed by atoms with E-state index in [9.17, 15) is 9.59 Å². The second kappa shape index (κ2) is 9.20. The SMILES string of the molecule is O=C(NCCCc1nc(-c2ccccc2)no1)C1CC(=O)N(C2CCCCC2)C1. The molecule has 0 spiro atoms. The molecule has 1 atom stereocenters. The van der Waals surface area contributed by atoms with Crippen LogP contribution < -0.4 is 5.32 Å². The average Bonchev–Trinajstić information content (AvgIpc) is 3.39. The van der Waals surface area contributed by atoms with E-state index in [4.69, 9.17) is 4.52 Å². The number of aromatic nitrogens is 2. The summed E-state index contributed by atoms with van der Waals surface area (Å²) in [5.41, 5.74) is 0.921. The van der Waals surface area contributed by atoms with E-state index in [1.807, 2.05) is 35.2 Å². The van der Waals surface area contributed by atoms with Gasteiger partial charge < -0.3 is 14.7 Å². The lowest BCUT2D eigenvalue weighted by Crippen LogP contribution is -2.39. The number of benzene rings is 1. The maximum atomic E-state index is 12.5. The van der Waals surface area contributed by atoms with Crippen LogP contribution in [0.1, 0.15) is 50.8 Å². The Balaban J connectivity index is 1.20. The Labute approximate surface area is 170 Å². The van der Waals surface area contributed by atoms with Crippen molar-refractivity contribution in [3.05, 3.63) is 36.2 Å². The van der Waals surface area contributed by atoms with Crippen LogP contribution in [0.3, 0.4) is 0 Å². The summed E-state index contributed by atoms with van der Waals surface area (Å²) in [7, 11) is 0. The molecule has 1 N–H and O–H groups in total. The van der Waals surface area contributed by atoms with E-state index in [1.54, 1.807) is 0 Å². The number of likely N-dealkylation sites (tertiary alicyclic amines) is 1. The van der Waals surface area contributed by atoms with Crippen molar-refractivity contribution in [1.82, 2.24) is 20.4 Å². The fraction of sp³-hybridized carbons (Fsp3) is 0.545. The first-order valence-corrected chi connectivity index (χ1v) is 10.7. The summed E-state index contributed by atoms with van der Waals surface area (Å²) in [6.45, 7) is 1.11. The monoisotopic (exact) mass is 396 g/mol. The predicted octanol–water partition coefficient (Wildman–Crippen LogP) is 2.97. The lowest BCUT2D eigenvalue weighted by Gasteiger charge is -2.31. The molecule has 7 nitrogen and oxygen atoms in total. The summed E-state index contributed by atoms with van der Waals surface area (Å²) >= 11 is 0. The van der Waals surface area contributed by atoms with Gasteiger partial charge in [0.15, 0.2) is 0 Å². The van der Waals surface area contributed by atoms with Crippen molar-refractivity contribution in [2.45, 2.75) is 57.4 Å². The van der Waals surface area contributed by atoms with Gasteiger partial charge in [0.2, 0.25) is 23.5 Å². The number of carbonyl (C=O) groups is 2. The number of aryl methyl sites for hydroxylation is 1. The van der Waals surface area contributed by atoms with E-state index in [0.717, 1.165) is 24.8 Å². The minimum absolute atomic E-state index is 0.0211. The summed E-state index contributed by atoms with van der Waals surface area (Å²) in [4.78, 5) is 31.2. The predicted molar refractivity (Wildman–Crippen MR) is 108 cm³/mol. The first kappa shape index (κ1) is 19.6. The Morgan fingerprint density at radius 2 is 1.97 bits per heavy atom. The molecule has 2 aromatic rings. The third-order valence-corrected chi connectivity index (χ3v) is 5.91. The molecule has 0 bridgehead atoms. The number of carbonyl (C=O) groups excluding carboxylic acids is 2. The van der Waals surface area contributed by atoms with E-state index in [-0.39, 0.29) is 17.7 Å². The topological polar surface area (TPSA) is 88.3 Å². The third-order valence-electron chi connectivity index (χ3n) is 5.91. The van der Waals surface area contributed by atoms with Gasteiger partial charge in [-0.25, -0.2) is 0 Å². The number of hydrogen-bond acceptors (Lipinski definition) is 5. The zero-order chi connectivity index (χ0) is 20.1. The number of nitrogens with zero attached hydrogens (tertiary/aromatic N) is 3. The van der Waals surface area contributed by atoms with Crippen molar-refractivity contribution in [1.29, 1.82) is 0 Å². The second-order valence-electron chi connectivity index (χ2n) is 8.01. The number of hydrogen-bond donors (Lipinski definition) is 1. The Kier molecular flexibility index (Phi) is 6.22. The highest BCUT2D eigenvalue weighted by molar-refractivity contribution is 5.89. The fourth-order valence-electron chi connectivity index (χ4n) is 4.31. The molecule has 2 amide bonds. The van der Waals surface area contributed by atoms with Crippen molar-refractivity contribution in [2.75, 3.05) is 13.1 Å². The normalized spacial score (nSPS) is 20.2. The van der Waals surface area contributed by atoms with Crippen LogP contribution in [0.5, 0.6) is 0 Å². The quantitative estimate of drug-likeness (QED) is 0.727. The van der Waals surface area contributed by atoms with E-state index < -0.39 is 0 Å². The number of rotatable bonds is 7. The van der Waals surface area contributed by atoms with Crippen LogP contribution in [0.2, 0.25) is 0 Å². The average molecular weight is 396 g/mol. The van der Waals surface area contributed by atoms with Gasteiger partial charge in [0.05, 0.1) is 5.92 Å². The van der Waals surface area contributed by atoms with E-state index in [1.165, 1.54) is 19.3 Å². The summed E-state index contributed by atoms with van der Waals surface area (Å²) in [5, 5.41) is 6.98. The number of nitrogens with one attached hydrogen (secondary N) is 1. The minimum Gasteiger partial charge on any atom is -0.356 e. The second-order valence-corrected chi connectivity index (χ2v) is 8.01. The Bertz CT molecular complexity index is 830. The molecular formula is C22H28N4O3. The molecule has 2 heterocycles. The van der Waals surface area contributed by atoms with Gasteiger partial charge in [-0.2, -0.15) is 4.98 Å². The van der Waals surface area contributed by atoms with Crippen molar-refractivity contribution < 1.29 is 14.1 Å². The van der Waals surface area contributed by atoms with Crippen molar-refractivity contribution >= 4 is 11.8 Å². The molecule has 1 aliphatic heterocycles. The zero-order valence-corrected chi connectivity index (χ0v) is 16.7. The van der Waals surface area contributed by atoms with Crippen molar-refractivity contribution in [2.24, 2.45) is 5.92 Å². The molecule has 1 saturated heterocycles. The van der Waals surface area contributed by atoms with Gasteiger partial charge in [0.1, 0.15) is 0 Å². The molecule has 1 aliphatic carbocycles. The molecule has 4 rings (SSSR count). The van der Waals surface area contributed by atoms with Crippen LogP contribution in [0, 0.1) is 5.92 Å². The molecule has 7 heteroatoms. The lowest BCUT2D eigenvalue weighted by molar-refractivity contribution is -0.130. The van der Waals surface area contributed by atoms with Crippen LogP contribution in [0.25, 0.3) is 11.4 Å². The van der Waals surface area contributed by atoms with Crippen molar-refractivity contribution in [3.63, 3.8) is 0 Å². The maximum Gasteiger partial charge on any atom is 0.227 e. The molecular weight excluding hydrogens is 368 g/mol. The molecule has 29 heavy (non-hydrogen) atoms. The Morgan fingerprint density at radius 1 is 1.17 bits per heavy atom. The highest BCUT2D eigenvalue weighted by Gasteiger charge is 2.37. The van der Waals surface area contributed by atoms with Gasteiger partial charge in [-0.3, -0.25) is 9.59 Å². The largest absolute Gasteiger partial charge is 0.356 e.